The highest BCUT2D eigenvalue weighted by molar-refractivity contribution is 7.99. The van der Waals surface area contributed by atoms with Crippen LogP contribution < -0.4 is 0 Å². The standard InChI is InChI=1S/C11H18N4O2S/c1-7(2)4-9(10(16)17)14-5-15-8(3)12-13-11(15)18-6-14/h7,9H,4-6H2,1-3H3,(H,16,17)/t9-/m0/s1. The summed E-state index contributed by atoms with van der Waals surface area (Å²) in [5, 5.41) is 18.3. The summed E-state index contributed by atoms with van der Waals surface area (Å²) < 4.78 is 1.96. The summed E-state index contributed by atoms with van der Waals surface area (Å²) in [6.45, 7) is 6.54. The number of thioether (sulfide) groups is 1. The number of fused-ring (bicyclic) bond motifs is 1. The van der Waals surface area contributed by atoms with E-state index in [-0.39, 0.29) is 0 Å². The molecule has 1 aromatic heterocycles. The number of aryl methyl sites for hydroxylation is 1. The Morgan fingerprint density at radius 2 is 2.22 bits per heavy atom. The molecule has 0 aliphatic carbocycles. The first-order valence-corrected chi connectivity index (χ1v) is 6.97. The van der Waals surface area contributed by atoms with Crippen LogP contribution in [0.4, 0.5) is 0 Å². The van der Waals surface area contributed by atoms with Gasteiger partial charge in [0.2, 0.25) is 0 Å². The maximum absolute atomic E-state index is 11.4. The fourth-order valence-corrected chi connectivity index (χ4v) is 3.02. The fraction of sp³-hybridized carbons (Fsp3) is 0.727. The first kappa shape index (κ1) is 13.4. The summed E-state index contributed by atoms with van der Waals surface area (Å²) in [4.78, 5) is 13.3. The van der Waals surface area contributed by atoms with Crippen LogP contribution in [0.3, 0.4) is 0 Å². The van der Waals surface area contributed by atoms with Gasteiger partial charge in [-0.15, -0.1) is 10.2 Å². The number of hydrogen-bond acceptors (Lipinski definition) is 5. The van der Waals surface area contributed by atoms with E-state index in [4.69, 9.17) is 0 Å². The Bertz CT molecular complexity index is 446. The van der Waals surface area contributed by atoms with E-state index in [1.54, 1.807) is 11.8 Å². The topological polar surface area (TPSA) is 71.2 Å². The van der Waals surface area contributed by atoms with Crippen LogP contribution in [-0.2, 0) is 11.5 Å². The van der Waals surface area contributed by atoms with E-state index in [0.29, 0.717) is 24.9 Å². The number of rotatable bonds is 4. The molecule has 1 aliphatic heterocycles. The summed E-state index contributed by atoms with van der Waals surface area (Å²) in [5.74, 6) is 1.09. The minimum Gasteiger partial charge on any atom is -0.480 e. The maximum Gasteiger partial charge on any atom is 0.321 e. The number of aromatic nitrogens is 3. The Hall–Kier alpha value is -1.08. The van der Waals surface area contributed by atoms with Gasteiger partial charge in [-0.1, -0.05) is 25.6 Å². The molecule has 1 N–H and O–H groups in total. The zero-order chi connectivity index (χ0) is 13.3. The van der Waals surface area contributed by atoms with Crippen molar-refractivity contribution in [3.8, 4) is 0 Å². The van der Waals surface area contributed by atoms with Crippen LogP contribution in [0.25, 0.3) is 0 Å². The third kappa shape index (κ3) is 2.67. The van der Waals surface area contributed by atoms with Gasteiger partial charge in [-0.2, -0.15) is 0 Å². The van der Waals surface area contributed by atoms with Crippen molar-refractivity contribution in [3.05, 3.63) is 5.82 Å². The van der Waals surface area contributed by atoms with Crippen LogP contribution in [0.2, 0.25) is 0 Å². The highest BCUT2D eigenvalue weighted by atomic mass is 32.2. The van der Waals surface area contributed by atoms with Gasteiger partial charge in [0, 0.05) is 0 Å². The van der Waals surface area contributed by atoms with E-state index in [1.807, 2.05) is 30.2 Å². The summed E-state index contributed by atoms with van der Waals surface area (Å²) in [6.07, 6.45) is 0.659. The van der Waals surface area contributed by atoms with Gasteiger partial charge in [-0.3, -0.25) is 14.3 Å². The minimum atomic E-state index is -0.751. The van der Waals surface area contributed by atoms with Crippen LogP contribution in [0, 0.1) is 12.8 Å². The van der Waals surface area contributed by atoms with Crippen molar-refractivity contribution in [1.29, 1.82) is 0 Å². The Kier molecular flexibility index (Phi) is 3.91. The van der Waals surface area contributed by atoms with E-state index in [1.165, 1.54) is 0 Å². The Morgan fingerprint density at radius 1 is 1.50 bits per heavy atom. The van der Waals surface area contributed by atoms with Gasteiger partial charge in [0.1, 0.15) is 11.9 Å². The second-order valence-corrected chi connectivity index (χ2v) is 5.86. The highest BCUT2D eigenvalue weighted by Crippen LogP contribution is 2.27. The van der Waals surface area contributed by atoms with Gasteiger partial charge >= 0.3 is 5.97 Å². The van der Waals surface area contributed by atoms with Crippen LogP contribution in [0.5, 0.6) is 0 Å². The number of carboxylic acids is 1. The van der Waals surface area contributed by atoms with Crippen molar-refractivity contribution in [2.45, 2.75) is 45.1 Å². The van der Waals surface area contributed by atoms with E-state index in [0.717, 1.165) is 11.0 Å². The lowest BCUT2D eigenvalue weighted by Crippen LogP contribution is -2.44. The number of carboxylic acid groups (broad SMARTS) is 1. The van der Waals surface area contributed by atoms with Crippen molar-refractivity contribution in [3.63, 3.8) is 0 Å². The molecule has 2 rings (SSSR count). The highest BCUT2D eigenvalue weighted by Gasteiger charge is 2.30. The van der Waals surface area contributed by atoms with Gasteiger partial charge < -0.3 is 5.11 Å². The van der Waals surface area contributed by atoms with Gasteiger partial charge in [0.05, 0.1) is 12.5 Å². The lowest BCUT2D eigenvalue weighted by atomic mass is 10.0. The number of aliphatic carboxylic acids is 1. The first-order valence-electron chi connectivity index (χ1n) is 5.98. The van der Waals surface area contributed by atoms with Gasteiger partial charge in [-0.05, 0) is 19.3 Å². The summed E-state index contributed by atoms with van der Waals surface area (Å²) >= 11 is 1.54. The lowest BCUT2D eigenvalue weighted by Gasteiger charge is -2.33. The predicted molar refractivity (Wildman–Crippen MR) is 68.2 cm³/mol. The van der Waals surface area contributed by atoms with Crippen molar-refractivity contribution < 1.29 is 9.90 Å². The van der Waals surface area contributed by atoms with Gasteiger partial charge in [0.25, 0.3) is 0 Å². The van der Waals surface area contributed by atoms with Crippen molar-refractivity contribution in [2.24, 2.45) is 5.92 Å². The molecular weight excluding hydrogens is 252 g/mol. The second kappa shape index (κ2) is 5.27. The van der Waals surface area contributed by atoms with Crippen molar-refractivity contribution >= 4 is 17.7 Å². The molecule has 0 fully saturated rings. The third-order valence-electron chi connectivity index (χ3n) is 3.00. The first-order chi connectivity index (χ1) is 8.49. The van der Waals surface area contributed by atoms with Crippen LogP contribution in [0.15, 0.2) is 5.16 Å². The zero-order valence-electron chi connectivity index (χ0n) is 10.8. The zero-order valence-corrected chi connectivity index (χ0v) is 11.6. The monoisotopic (exact) mass is 270 g/mol. The SMILES string of the molecule is Cc1nnc2n1CN([C@@H](CC(C)C)C(=O)O)CS2. The molecule has 0 bridgehead atoms. The smallest absolute Gasteiger partial charge is 0.321 e. The minimum absolute atomic E-state index is 0.361. The summed E-state index contributed by atoms with van der Waals surface area (Å²) in [7, 11) is 0. The van der Waals surface area contributed by atoms with E-state index in [9.17, 15) is 9.90 Å². The molecule has 0 amide bonds. The largest absolute Gasteiger partial charge is 0.480 e. The van der Waals surface area contributed by atoms with E-state index >= 15 is 0 Å². The molecule has 1 aromatic rings. The molecule has 2 heterocycles. The maximum atomic E-state index is 11.4. The summed E-state index contributed by atoms with van der Waals surface area (Å²) in [6, 6.07) is -0.438. The van der Waals surface area contributed by atoms with Crippen LogP contribution >= 0.6 is 11.8 Å². The Morgan fingerprint density at radius 3 is 2.83 bits per heavy atom. The van der Waals surface area contributed by atoms with Gasteiger partial charge in [-0.25, -0.2) is 0 Å². The molecule has 0 aromatic carbocycles. The molecule has 0 spiro atoms. The number of nitrogens with zero attached hydrogens (tertiary/aromatic N) is 4. The summed E-state index contributed by atoms with van der Waals surface area (Å²) in [5.41, 5.74) is 0. The van der Waals surface area contributed by atoms with Crippen molar-refractivity contribution in [2.75, 3.05) is 5.88 Å². The van der Waals surface area contributed by atoms with Crippen LogP contribution in [-0.4, -0.2) is 42.7 Å². The average Bonchev–Trinajstić information content (AvgIpc) is 2.67. The van der Waals surface area contributed by atoms with E-state index in [2.05, 4.69) is 10.2 Å². The van der Waals surface area contributed by atoms with Crippen LogP contribution in [0.1, 0.15) is 26.1 Å². The molecule has 6 nitrogen and oxygen atoms in total. The van der Waals surface area contributed by atoms with E-state index < -0.39 is 12.0 Å². The van der Waals surface area contributed by atoms with Crippen molar-refractivity contribution in [1.82, 2.24) is 19.7 Å². The number of hydrogen-bond donors (Lipinski definition) is 1. The van der Waals surface area contributed by atoms with Gasteiger partial charge in [0.15, 0.2) is 5.16 Å². The molecule has 1 atom stereocenters. The average molecular weight is 270 g/mol. The number of carbonyl (C=O) groups is 1. The third-order valence-corrected chi connectivity index (χ3v) is 4.03. The normalized spacial score (nSPS) is 17.8. The second-order valence-electron chi connectivity index (χ2n) is 4.95. The molecule has 100 valence electrons. The molecule has 7 heteroatoms. The lowest BCUT2D eigenvalue weighted by molar-refractivity contribution is -0.144. The molecule has 0 saturated heterocycles. The molecule has 0 saturated carbocycles. The quantitative estimate of drug-likeness (QED) is 0.892. The molecule has 18 heavy (non-hydrogen) atoms. The molecular formula is C11H18N4O2S. The molecule has 1 aliphatic rings. The fourth-order valence-electron chi connectivity index (χ4n) is 2.04. The predicted octanol–water partition coefficient (Wildman–Crippen LogP) is 1.41. The Labute approximate surface area is 110 Å². The Balaban J connectivity index is 2.14. The molecule has 0 unspecified atom stereocenters. The molecule has 0 radical (unpaired) electrons.